The summed E-state index contributed by atoms with van der Waals surface area (Å²) in [7, 11) is 0. The molecule has 0 spiro atoms. The van der Waals surface area contributed by atoms with Crippen molar-refractivity contribution in [3.63, 3.8) is 0 Å². The highest BCUT2D eigenvalue weighted by Gasteiger charge is 2.25. The van der Waals surface area contributed by atoms with E-state index in [0.717, 1.165) is 40.9 Å². The molecule has 3 N–H and O–H groups in total. The Kier molecular flexibility index (Phi) is 5.29. The summed E-state index contributed by atoms with van der Waals surface area (Å²) in [6.07, 6.45) is 7.81. The number of nitrogens with zero attached hydrogens (tertiary/aromatic N) is 4. The van der Waals surface area contributed by atoms with Gasteiger partial charge in [-0.1, -0.05) is 6.42 Å². The van der Waals surface area contributed by atoms with Crippen LogP contribution in [-0.2, 0) is 4.79 Å². The quantitative estimate of drug-likeness (QED) is 0.239. The van der Waals surface area contributed by atoms with Gasteiger partial charge in [0.05, 0.1) is 27.8 Å². The fraction of sp³-hybridized carbons (Fsp3) is 0.179. The Morgan fingerprint density at radius 1 is 1.11 bits per heavy atom. The third-order valence-corrected chi connectivity index (χ3v) is 8.05. The molecule has 0 atom stereocenters. The van der Waals surface area contributed by atoms with Gasteiger partial charge in [0.2, 0.25) is 5.91 Å². The van der Waals surface area contributed by atoms with Crippen LogP contribution in [0.5, 0.6) is 0 Å². The van der Waals surface area contributed by atoms with E-state index in [1.807, 2.05) is 12.1 Å². The zero-order valence-corrected chi connectivity index (χ0v) is 21.2. The number of carbonyl (C=O) groups excluding carboxylic acids is 1. The Morgan fingerprint density at radius 2 is 2.00 bits per heavy atom. The molecule has 0 unspecified atom stereocenters. The normalized spacial score (nSPS) is 13.7. The first-order chi connectivity index (χ1) is 18.5. The highest BCUT2D eigenvalue weighted by Crippen LogP contribution is 2.35. The van der Waals surface area contributed by atoms with Gasteiger partial charge in [0, 0.05) is 45.8 Å². The van der Waals surface area contributed by atoms with Gasteiger partial charge in [0.25, 0.3) is 0 Å². The number of hydrogen-bond donors (Lipinski definition) is 3. The van der Waals surface area contributed by atoms with Crippen molar-refractivity contribution in [2.45, 2.75) is 26.2 Å². The maximum absolute atomic E-state index is 15.2. The van der Waals surface area contributed by atoms with E-state index in [0.29, 0.717) is 39.2 Å². The van der Waals surface area contributed by atoms with Crippen LogP contribution in [0, 0.1) is 18.7 Å². The number of anilines is 1. The number of aromatic amines is 2. The molecule has 5 aromatic heterocycles. The molecular formula is C28H22FN7OS. The van der Waals surface area contributed by atoms with Crippen molar-refractivity contribution in [2.24, 2.45) is 5.92 Å². The van der Waals surface area contributed by atoms with Crippen LogP contribution in [0.2, 0.25) is 0 Å². The number of amides is 1. The van der Waals surface area contributed by atoms with Gasteiger partial charge in [-0.05, 0) is 50.1 Å². The Bertz CT molecular complexity index is 1850. The molecule has 6 aromatic rings. The first-order valence-electron chi connectivity index (χ1n) is 12.4. The molecule has 1 aliphatic rings. The average Bonchev–Trinajstić information content (AvgIpc) is 3.59. The average molecular weight is 524 g/mol. The molecule has 8 nitrogen and oxygen atoms in total. The summed E-state index contributed by atoms with van der Waals surface area (Å²) in [6.45, 7) is 2.06. The van der Waals surface area contributed by atoms with Crippen LogP contribution in [0.3, 0.4) is 0 Å². The van der Waals surface area contributed by atoms with Crippen molar-refractivity contribution in [2.75, 3.05) is 5.32 Å². The molecule has 1 aliphatic carbocycles. The van der Waals surface area contributed by atoms with Crippen molar-refractivity contribution >= 4 is 44.9 Å². The van der Waals surface area contributed by atoms with Crippen molar-refractivity contribution in [3.8, 4) is 33.2 Å². The van der Waals surface area contributed by atoms with Gasteiger partial charge in [-0.25, -0.2) is 9.37 Å². The number of thiophene rings is 1. The molecule has 10 heteroatoms. The van der Waals surface area contributed by atoms with Gasteiger partial charge in [0.1, 0.15) is 22.7 Å². The standard InChI is InChI=1S/C28H22FN7OS/c1-14-5-6-23(38-14)26-25-21(7-8-31-26)33-27(34-25)24-19-10-18(20(29)11-22(19)35-36-24)16-9-17(13-30-12-16)32-28(37)15-3-2-4-15/h5-13,15H,2-4H2,1H3,(H,32,37)(H,33,34)(H,35,36). The maximum atomic E-state index is 15.2. The van der Waals surface area contributed by atoms with Crippen LogP contribution in [0.15, 0.2) is 55.0 Å². The molecule has 188 valence electrons. The molecule has 38 heavy (non-hydrogen) atoms. The van der Waals surface area contributed by atoms with Gasteiger partial charge in [-0.3, -0.25) is 19.9 Å². The summed E-state index contributed by atoms with van der Waals surface area (Å²) in [5.74, 6) is 0.176. The lowest BCUT2D eigenvalue weighted by atomic mass is 9.85. The lowest BCUT2D eigenvalue weighted by Gasteiger charge is -2.24. The first kappa shape index (κ1) is 22.7. The van der Waals surface area contributed by atoms with Crippen molar-refractivity contribution in [3.05, 3.63) is 65.7 Å². The first-order valence-corrected chi connectivity index (χ1v) is 13.2. The summed E-state index contributed by atoms with van der Waals surface area (Å²) in [6, 6.07) is 10.9. The molecule has 1 saturated carbocycles. The number of nitrogens with one attached hydrogen (secondary N) is 3. The fourth-order valence-electron chi connectivity index (χ4n) is 4.80. The Morgan fingerprint density at radius 3 is 2.79 bits per heavy atom. The lowest BCUT2D eigenvalue weighted by Crippen LogP contribution is -2.28. The van der Waals surface area contributed by atoms with E-state index in [1.165, 1.54) is 10.9 Å². The van der Waals surface area contributed by atoms with Crippen LogP contribution in [0.25, 0.3) is 55.2 Å². The largest absolute Gasteiger partial charge is 0.336 e. The number of aromatic nitrogens is 6. The summed E-state index contributed by atoms with van der Waals surface area (Å²) >= 11 is 1.66. The van der Waals surface area contributed by atoms with Crippen LogP contribution in [0.4, 0.5) is 10.1 Å². The number of halogens is 1. The topological polar surface area (TPSA) is 112 Å². The number of carbonyl (C=O) groups is 1. The van der Waals surface area contributed by atoms with Crippen molar-refractivity contribution < 1.29 is 9.18 Å². The van der Waals surface area contributed by atoms with Crippen LogP contribution >= 0.6 is 11.3 Å². The zero-order valence-electron chi connectivity index (χ0n) is 20.4. The lowest BCUT2D eigenvalue weighted by molar-refractivity contribution is -0.122. The van der Waals surface area contributed by atoms with E-state index < -0.39 is 5.82 Å². The molecular weight excluding hydrogens is 501 g/mol. The molecule has 0 radical (unpaired) electrons. The molecule has 0 bridgehead atoms. The molecule has 7 rings (SSSR count). The molecule has 1 aromatic carbocycles. The van der Waals surface area contributed by atoms with Gasteiger partial charge in [-0.15, -0.1) is 11.3 Å². The minimum absolute atomic E-state index is 0.0142. The van der Waals surface area contributed by atoms with E-state index in [1.54, 1.807) is 42.1 Å². The molecule has 1 fully saturated rings. The van der Waals surface area contributed by atoms with E-state index in [4.69, 9.17) is 4.98 Å². The smallest absolute Gasteiger partial charge is 0.227 e. The number of rotatable bonds is 5. The van der Waals surface area contributed by atoms with Crippen LogP contribution in [0.1, 0.15) is 24.1 Å². The number of fused-ring (bicyclic) bond motifs is 2. The highest BCUT2D eigenvalue weighted by atomic mass is 32.1. The summed E-state index contributed by atoms with van der Waals surface area (Å²) in [4.78, 5) is 31.7. The highest BCUT2D eigenvalue weighted by molar-refractivity contribution is 7.15. The number of imidazole rings is 1. The summed E-state index contributed by atoms with van der Waals surface area (Å²) in [5.41, 5.74) is 5.00. The minimum atomic E-state index is -0.416. The molecule has 0 aliphatic heterocycles. The predicted octanol–water partition coefficient (Wildman–Crippen LogP) is 6.48. The zero-order chi connectivity index (χ0) is 25.8. The predicted molar refractivity (Wildman–Crippen MR) is 146 cm³/mol. The Balaban J connectivity index is 1.29. The number of H-pyrrole nitrogens is 2. The molecule has 0 saturated heterocycles. The van der Waals surface area contributed by atoms with Gasteiger partial charge >= 0.3 is 0 Å². The van der Waals surface area contributed by atoms with Crippen molar-refractivity contribution in [1.82, 2.24) is 30.1 Å². The fourth-order valence-corrected chi connectivity index (χ4v) is 5.66. The number of pyridine rings is 2. The Hall–Kier alpha value is -4.44. The second kappa shape index (κ2) is 8.84. The van der Waals surface area contributed by atoms with Gasteiger partial charge < -0.3 is 10.3 Å². The maximum Gasteiger partial charge on any atom is 0.227 e. The summed E-state index contributed by atoms with van der Waals surface area (Å²) in [5, 5.41) is 11.0. The third-order valence-electron chi connectivity index (χ3n) is 7.04. The third kappa shape index (κ3) is 3.84. The molecule has 5 heterocycles. The number of hydrogen-bond acceptors (Lipinski definition) is 6. The van der Waals surface area contributed by atoms with E-state index in [-0.39, 0.29) is 11.8 Å². The SMILES string of the molecule is Cc1ccc(-c2nccc3[nH]c(-c4n[nH]c5cc(F)c(-c6cncc(NC(=O)C7CCC7)c6)cc45)nc23)s1. The van der Waals surface area contributed by atoms with Crippen LogP contribution < -0.4 is 5.32 Å². The number of aryl methyl sites for hydroxylation is 1. The minimum Gasteiger partial charge on any atom is -0.336 e. The van der Waals surface area contributed by atoms with Crippen molar-refractivity contribution in [1.29, 1.82) is 0 Å². The van der Waals surface area contributed by atoms with E-state index in [2.05, 4.69) is 43.5 Å². The second-order valence-corrected chi connectivity index (χ2v) is 10.9. The van der Waals surface area contributed by atoms with Gasteiger partial charge in [0.15, 0.2) is 5.82 Å². The molecule has 1 amide bonds. The number of benzene rings is 1. The monoisotopic (exact) mass is 523 g/mol. The Labute approximate surface area is 220 Å². The van der Waals surface area contributed by atoms with Gasteiger partial charge in [-0.2, -0.15) is 5.10 Å². The van der Waals surface area contributed by atoms with E-state index in [9.17, 15) is 4.79 Å². The van der Waals surface area contributed by atoms with Crippen LogP contribution in [-0.4, -0.2) is 36.0 Å². The van der Waals surface area contributed by atoms with E-state index >= 15 is 4.39 Å². The summed E-state index contributed by atoms with van der Waals surface area (Å²) < 4.78 is 15.2. The second-order valence-electron chi connectivity index (χ2n) is 9.58.